The second-order valence-corrected chi connectivity index (χ2v) is 5.00. The Kier molecular flexibility index (Phi) is 10.8. The minimum atomic E-state index is -0.107. The van der Waals surface area contributed by atoms with Crippen LogP contribution >= 0.6 is 9.56 Å². The molecule has 14 heavy (non-hydrogen) atoms. The fourth-order valence-electron chi connectivity index (χ4n) is 1.01. The van der Waals surface area contributed by atoms with Gasteiger partial charge < -0.3 is 0 Å². The molecule has 0 nitrogen and oxygen atoms in total. The summed E-state index contributed by atoms with van der Waals surface area (Å²) >= 11 is 0. The van der Waals surface area contributed by atoms with Crippen molar-refractivity contribution in [3.63, 3.8) is 0 Å². The van der Waals surface area contributed by atoms with Crippen LogP contribution in [0, 0.1) is 0 Å². The third kappa shape index (κ3) is 8.08. The van der Waals surface area contributed by atoms with Crippen LogP contribution in [0.2, 0.25) is 0 Å². The van der Waals surface area contributed by atoms with Crippen molar-refractivity contribution in [2.45, 2.75) is 31.9 Å². The molecule has 0 rings (SSSR count). The first-order valence-electron chi connectivity index (χ1n) is 4.90. The fraction of sp³-hybridized carbons (Fsp3) is 1.00. The Morgan fingerprint density at radius 1 is 1.21 bits per heavy atom. The summed E-state index contributed by atoms with van der Waals surface area (Å²) in [6.07, 6.45) is 2.39. The van der Waals surface area contributed by atoms with Gasteiger partial charge in [0, 0.05) is 0 Å². The first-order chi connectivity index (χ1) is 6.72. The molecule has 61 valence electrons. The topological polar surface area (TPSA) is 0 Å². The monoisotopic (exact) mass is 191 g/mol. The second-order valence-electron chi connectivity index (χ2n) is 3.11. The summed E-state index contributed by atoms with van der Waals surface area (Å²) in [7, 11) is 5.07. The van der Waals surface area contributed by atoms with E-state index < -0.39 is 0 Å². The van der Waals surface area contributed by atoms with E-state index in [1.807, 2.05) is 20.1 Å². The van der Waals surface area contributed by atoms with Crippen LogP contribution in [0.5, 0.6) is 0 Å². The molecular weight excluding hydrogens is 179 g/mol. The van der Waals surface area contributed by atoms with Gasteiger partial charge in [0.1, 0.15) is 0 Å². The molecule has 0 bridgehead atoms. The van der Waals surface area contributed by atoms with Crippen molar-refractivity contribution in [3.8, 4) is 0 Å². The summed E-state index contributed by atoms with van der Waals surface area (Å²) in [6.45, 7) is 19.5. The van der Waals surface area contributed by atoms with E-state index in [0.29, 0.717) is 5.25 Å². The fourth-order valence-corrected chi connectivity index (χ4v) is 2.05. The zero-order valence-corrected chi connectivity index (χ0v) is 9.84. The third-order valence-electron chi connectivity index (χ3n) is 1.84. The van der Waals surface area contributed by atoms with Crippen LogP contribution in [0.15, 0.2) is 0 Å². The molecule has 1 atom stereocenters. The maximum absolute atomic E-state index is 5.98. The van der Waals surface area contributed by atoms with Crippen LogP contribution in [-0.4, -0.2) is 58.7 Å². The molecule has 0 fully saturated rings. The third-order valence-corrected chi connectivity index (χ3v) is 3.48. The summed E-state index contributed by atoms with van der Waals surface area (Å²) in [4.78, 5) is 0. The molecule has 9 heteroatoms. The van der Waals surface area contributed by atoms with Crippen LogP contribution in [0.4, 0.5) is 0 Å². The molecule has 0 aliphatic carbocycles. The maximum atomic E-state index is 5.98. The molecule has 0 aromatic rings. The second kappa shape index (κ2) is 10.3. The van der Waals surface area contributed by atoms with E-state index in [-0.39, 0.29) is 9.56 Å². The van der Waals surface area contributed by atoms with Gasteiger partial charge in [0.2, 0.25) is 0 Å². The van der Waals surface area contributed by atoms with Gasteiger partial charge in [0.05, 0.1) is 0 Å². The van der Waals surface area contributed by atoms with Crippen molar-refractivity contribution in [3.05, 3.63) is 0 Å². The number of hydrogen-bond donors (Lipinski definition) is 0. The molecule has 0 aromatic carbocycles. The van der Waals surface area contributed by atoms with Gasteiger partial charge >= 0.3 is 94.9 Å². The summed E-state index contributed by atoms with van der Waals surface area (Å²) in [5.41, 5.74) is 0. The Balaban J connectivity index is 4.13. The Bertz CT molecular complexity index is 338. The zero-order chi connectivity index (χ0) is 10.8. The number of hydrogen-bond acceptors (Lipinski definition) is 0. The normalized spacial score (nSPS) is 12.1. The molecule has 1 unspecified atom stereocenters. The van der Waals surface area contributed by atoms with E-state index in [2.05, 4.69) is 19.9 Å². The Morgan fingerprint density at radius 2 is 1.86 bits per heavy atom. The van der Waals surface area contributed by atoms with Gasteiger partial charge in [-0.05, 0) is 0 Å². The standard InChI is InChI=1S/C5H11B8S/c1-3-4-5(2)14(7)13-12-11-10-9-8-6/h5H,3-4H2,1-2H3. The SMILES string of the molecule is [B]=BB=BB=BB=S(#B)C(C)CCC. The van der Waals surface area contributed by atoms with Gasteiger partial charge in [-0.3, -0.25) is 0 Å². The predicted molar refractivity (Wildman–Crippen MR) is 78.0 cm³/mol. The van der Waals surface area contributed by atoms with Crippen molar-refractivity contribution in [1.82, 2.24) is 0 Å². The Labute approximate surface area is 95.0 Å². The van der Waals surface area contributed by atoms with E-state index in [4.69, 9.17) is 13.9 Å². The molecule has 0 saturated heterocycles. The van der Waals surface area contributed by atoms with E-state index in [1.54, 1.807) is 6.69 Å². The molecule has 0 N–H and O–H groups in total. The van der Waals surface area contributed by atoms with Crippen molar-refractivity contribution < 1.29 is 0 Å². The zero-order valence-electron chi connectivity index (χ0n) is 9.02. The average molecular weight is 190 g/mol. The van der Waals surface area contributed by atoms with Crippen LogP contribution in [0.3, 0.4) is 0 Å². The van der Waals surface area contributed by atoms with Gasteiger partial charge in [0.25, 0.3) is 0 Å². The van der Waals surface area contributed by atoms with Gasteiger partial charge in [-0.1, -0.05) is 0 Å². The van der Waals surface area contributed by atoms with Crippen molar-refractivity contribution in [2.75, 3.05) is 0 Å². The Hall–Kier alpha value is 0.739. The van der Waals surface area contributed by atoms with Crippen LogP contribution in [0.25, 0.3) is 0 Å². The quantitative estimate of drug-likeness (QED) is 0.504. The molecule has 0 aliphatic rings. The van der Waals surface area contributed by atoms with E-state index >= 15 is 0 Å². The summed E-state index contributed by atoms with van der Waals surface area (Å²) in [5, 5.41) is 0.578. The average Bonchev–Trinajstić information content (AvgIpc) is 2.17. The molecule has 0 aliphatic heterocycles. The molecular formula is C5H11B8S. The van der Waals surface area contributed by atoms with Gasteiger partial charge in [-0.25, -0.2) is 0 Å². The van der Waals surface area contributed by atoms with Crippen molar-refractivity contribution in [1.29, 1.82) is 0 Å². The Morgan fingerprint density at radius 3 is 2.43 bits per heavy atom. The predicted octanol–water partition coefficient (Wildman–Crippen LogP) is -0.674. The van der Waals surface area contributed by atoms with Crippen LogP contribution in [0.1, 0.15) is 26.7 Å². The molecule has 0 spiro atoms. The minimum absolute atomic E-state index is 0.107. The number of rotatable bonds is 5. The molecule has 0 saturated carbocycles. The molecule has 1 radical (unpaired) electrons. The van der Waals surface area contributed by atoms with Crippen LogP contribution < -0.4 is 0 Å². The molecule has 0 heterocycles. The molecule has 0 amide bonds. The van der Waals surface area contributed by atoms with Gasteiger partial charge in [0.15, 0.2) is 0 Å². The van der Waals surface area contributed by atoms with E-state index in [1.165, 1.54) is 19.5 Å². The van der Waals surface area contributed by atoms with Gasteiger partial charge in [-0.15, -0.1) is 0 Å². The van der Waals surface area contributed by atoms with Gasteiger partial charge in [-0.2, -0.15) is 0 Å². The van der Waals surface area contributed by atoms with Crippen molar-refractivity contribution in [2.24, 2.45) is 0 Å². The van der Waals surface area contributed by atoms with Crippen LogP contribution in [-0.2, 0) is 0 Å². The first-order valence-corrected chi connectivity index (χ1v) is 6.31. The van der Waals surface area contributed by atoms with Crippen molar-refractivity contribution >= 4 is 63.0 Å². The van der Waals surface area contributed by atoms with E-state index in [9.17, 15) is 0 Å². The summed E-state index contributed by atoms with van der Waals surface area (Å²) in [5.74, 6) is 0. The molecule has 0 aromatic heterocycles. The first kappa shape index (κ1) is 14.7. The summed E-state index contributed by atoms with van der Waals surface area (Å²) in [6, 6.07) is 2.06. The summed E-state index contributed by atoms with van der Waals surface area (Å²) < 4.78 is 0. The van der Waals surface area contributed by atoms with E-state index in [0.717, 1.165) is 0 Å².